The number of piperazine rings is 1. The number of carbonyl (C=O) groups is 4. The summed E-state index contributed by atoms with van der Waals surface area (Å²) in [6.45, 7) is 2.11. The van der Waals surface area contributed by atoms with Gasteiger partial charge in [0.15, 0.2) is 0 Å². The fourth-order valence-electron chi connectivity index (χ4n) is 3.66. The molecule has 0 radical (unpaired) electrons. The van der Waals surface area contributed by atoms with Crippen molar-refractivity contribution < 1.29 is 19.2 Å². The van der Waals surface area contributed by atoms with Crippen LogP contribution in [0, 0.1) is 0 Å². The van der Waals surface area contributed by atoms with Crippen molar-refractivity contribution in [2.24, 2.45) is 0 Å². The zero-order chi connectivity index (χ0) is 17.3. The highest BCUT2D eigenvalue weighted by molar-refractivity contribution is 6.04. The van der Waals surface area contributed by atoms with Gasteiger partial charge in [-0.05, 0) is 19.9 Å². The second-order valence-corrected chi connectivity index (χ2v) is 6.70. The highest BCUT2D eigenvalue weighted by Crippen LogP contribution is 2.30. The molecule has 3 heterocycles. The highest BCUT2D eigenvalue weighted by Gasteiger charge is 2.43. The molecule has 3 rings (SSSR count). The Morgan fingerprint density at radius 1 is 1.17 bits per heavy atom. The van der Waals surface area contributed by atoms with Crippen LogP contribution in [-0.2, 0) is 14.4 Å². The van der Waals surface area contributed by atoms with E-state index in [1.807, 2.05) is 7.05 Å². The molecule has 3 aliphatic rings. The normalized spacial score (nSPS) is 28.8. The number of hydrogen-bond donors (Lipinski definition) is 2. The van der Waals surface area contributed by atoms with E-state index in [2.05, 4.69) is 15.5 Å². The Kier molecular flexibility index (Phi) is 4.44. The van der Waals surface area contributed by atoms with Gasteiger partial charge >= 0.3 is 6.03 Å². The number of urea groups is 1. The monoisotopic (exact) mass is 337 g/mol. The van der Waals surface area contributed by atoms with Crippen molar-refractivity contribution in [3.05, 3.63) is 0 Å². The predicted molar refractivity (Wildman–Crippen MR) is 83.9 cm³/mol. The van der Waals surface area contributed by atoms with Crippen molar-refractivity contribution in [2.75, 3.05) is 46.3 Å². The molecule has 9 nitrogen and oxygen atoms in total. The number of amides is 5. The maximum Gasteiger partial charge on any atom is 0.325 e. The Bertz CT molecular complexity index is 564. The van der Waals surface area contributed by atoms with Gasteiger partial charge in [-0.2, -0.15) is 0 Å². The van der Waals surface area contributed by atoms with Gasteiger partial charge in [-0.3, -0.25) is 24.2 Å². The fourth-order valence-corrected chi connectivity index (χ4v) is 3.66. The lowest BCUT2D eigenvalue weighted by molar-refractivity contribution is -0.140. The van der Waals surface area contributed by atoms with E-state index in [-0.39, 0.29) is 36.3 Å². The molecule has 1 unspecified atom stereocenters. The largest absolute Gasteiger partial charge is 0.356 e. The van der Waals surface area contributed by atoms with Gasteiger partial charge in [0.2, 0.25) is 11.8 Å². The molecule has 0 bridgehead atoms. The quantitative estimate of drug-likeness (QED) is 0.588. The van der Waals surface area contributed by atoms with Crippen molar-refractivity contribution in [1.29, 1.82) is 0 Å². The van der Waals surface area contributed by atoms with Gasteiger partial charge in [0.25, 0.3) is 5.91 Å². The molecule has 3 aliphatic heterocycles. The maximum atomic E-state index is 12.6. The van der Waals surface area contributed by atoms with E-state index in [0.717, 1.165) is 11.3 Å². The molecule has 3 fully saturated rings. The Morgan fingerprint density at radius 3 is 2.67 bits per heavy atom. The van der Waals surface area contributed by atoms with Crippen molar-refractivity contribution in [1.82, 2.24) is 25.3 Å². The lowest BCUT2D eigenvalue weighted by atomic mass is 9.86. The van der Waals surface area contributed by atoms with Crippen molar-refractivity contribution in [2.45, 2.75) is 24.8 Å². The van der Waals surface area contributed by atoms with E-state index in [1.165, 1.54) is 0 Å². The van der Waals surface area contributed by atoms with Crippen LogP contribution in [0.25, 0.3) is 0 Å². The minimum Gasteiger partial charge on any atom is -0.356 e. The van der Waals surface area contributed by atoms with Gasteiger partial charge in [0, 0.05) is 38.1 Å². The Balaban J connectivity index is 1.68. The number of carbonyl (C=O) groups excluding carboxylic acids is 4. The molecular formula is C15H23N5O4. The van der Waals surface area contributed by atoms with Crippen molar-refractivity contribution >= 4 is 23.8 Å². The number of imide groups is 1. The number of nitrogens with one attached hydrogen (secondary N) is 2. The standard InChI is InChI=1S/C15H23N5O4/c1-18-6-7-19(10-15(18)3-2-11(21)16-5-4-15)13(23)9-20-12(22)8-17-14(20)24/h2-10H2,1H3,(H,16,21)(H,17,24). The summed E-state index contributed by atoms with van der Waals surface area (Å²) in [4.78, 5) is 52.4. The van der Waals surface area contributed by atoms with E-state index in [0.29, 0.717) is 39.0 Å². The van der Waals surface area contributed by atoms with Crippen LogP contribution in [0.4, 0.5) is 4.79 Å². The number of likely N-dealkylation sites (N-methyl/N-ethyl adjacent to an activating group) is 1. The summed E-state index contributed by atoms with van der Waals surface area (Å²) < 4.78 is 0. The highest BCUT2D eigenvalue weighted by atomic mass is 16.2. The molecule has 0 aromatic rings. The van der Waals surface area contributed by atoms with E-state index in [4.69, 9.17) is 0 Å². The Labute approximate surface area is 140 Å². The Morgan fingerprint density at radius 2 is 1.96 bits per heavy atom. The van der Waals surface area contributed by atoms with Crippen LogP contribution in [-0.4, -0.2) is 90.3 Å². The predicted octanol–water partition coefficient (Wildman–Crippen LogP) is -1.65. The third kappa shape index (κ3) is 3.08. The summed E-state index contributed by atoms with van der Waals surface area (Å²) in [6, 6.07) is -0.513. The fraction of sp³-hybridized carbons (Fsp3) is 0.733. The minimum atomic E-state index is -0.513. The van der Waals surface area contributed by atoms with E-state index in [1.54, 1.807) is 4.90 Å². The summed E-state index contributed by atoms with van der Waals surface area (Å²) in [6.07, 6.45) is 1.92. The number of hydrogen-bond acceptors (Lipinski definition) is 5. The van der Waals surface area contributed by atoms with Gasteiger partial charge in [-0.15, -0.1) is 0 Å². The average Bonchev–Trinajstić information content (AvgIpc) is 2.76. The molecule has 0 aliphatic carbocycles. The minimum absolute atomic E-state index is 0.0445. The molecule has 132 valence electrons. The van der Waals surface area contributed by atoms with Gasteiger partial charge in [0.1, 0.15) is 6.54 Å². The summed E-state index contributed by atoms with van der Waals surface area (Å²) >= 11 is 0. The number of rotatable bonds is 2. The zero-order valence-electron chi connectivity index (χ0n) is 13.8. The molecule has 9 heteroatoms. The molecular weight excluding hydrogens is 314 g/mol. The van der Waals surface area contributed by atoms with Crippen LogP contribution in [0.2, 0.25) is 0 Å². The van der Waals surface area contributed by atoms with Gasteiger partial charge in [-0.25, -0.2) is 4.79 Å². The third-order valence-corrected chi connectivity index (χ3v) is 5.31. The van der Waals surface area contributed by atoms with Crippen LogP contribution in [0.3, 0.4) is 0 Å². The summed E-state index contributed by atoms with van der Waals surface area (Å²) in [5, 5.41) is 5.29. The molecule has 24 heavy (non-hydrogen) atoms. The first-order valence-electron chi connectivity index (χ1n) is 8.25. The zero-order valence-corrected chi connectivity index (χ0v) is 13.8. The van der Waals surface area contributed by atoms with Crippen LogP contribution in [0.5, 0.6) is 0 Å². The van der Waals surface area contributed by atoms with Gasteiger partial charge in [0.05, 0.1) is 6.54 Å². The van der Waals surface area contributed by atoms with Crippen LogP contribution < -0.4 is 10.6 Å². The lowest BCUT2D eigenvalue weighted by Gasteiger charge is -2.49. The SMILES string of the molecule is CN1CCN(C(=O)CN2C(=O)CNC2=O)CC12CCNC(=O)CC2. The molecule has 5 amide bonds. The number of nitrogens with zero attached hydrogens (tertiary/aromatic N) is 3. The first kappa shape index (κ1) is 16.7. The van der Waals surface area contributed by atoms with E-state index in [9.17, 15) is 19.2 Å². The Hall–Kier alpha value is -2.16. The smallest absolute Gasteiger partial charge is 0.325 e. The average molecular weight is 337 g/mol. The van der Waals surface area contributed by atoms with E-state index >= 15 is 0 Å². The molecule has 2 N–H and O–H groups in total. The maximum absolute atomic E-state index is 12.6. The summed E-state index contributed by atoms with van der Waals surface area (Å²) in [5.41, 5.74) is -0.232. The van der Waals surface area contributed by atoms with Crippen molar-refractivity contribution in [3.8, 4) is 0 Å². The molecule has 0 aromatic heterocycles. The van der Waals surface area contributed by atoms with Crippen molar-refractivity contribution in [3.63, 3.8) is 0 Å². The molecule has 1 atom stereocenters. The lowest BCUT2D eigenvalue weighted by Crippen LogP contribution is -2.63. The van der Waals surface area contributed by atoms with Gasteiger partial charge in [-0.1, -0.05) is 0 Å². The second kappa shape index (κ2) is 6.39. The summed E-state index contributed by atoms with van der Waals surface area (Å²) in [7, 11) is 2.02. The first-order valence-corrected chi connectivity index (χ1v) is 8.25. The molecule has 1 spiro atoms. The van der Waals surface area contributed by atoms with Gasteiger partial charge < -0.3 is 15.5 Å². The first-order chi connectivity index (χ1) is 11.4. The molecule has 0 aromatic carbocycles. The summed E-state index contributed by atoms with van der Waals surface area (Å²) in [5.74, 6) is -0.555. The van der Waals surface area contributed by atoms with E-state index < -0.39 is 6.03 Å². The second-order valence-electron chi connectivity index (χ2n) is 6.70. The van der Waals surface area contributed by atoms with Crippen LogP contribution in [0.1, 0.15) is 19.3 Å². The topological polar surface area (TPSA) is 102 Å². The molecule has 0 saturated carbocycles. The third-order valence-electron chi connectivity index (χ3n) is 5.31. The molecule has 3 saturated heterocycles. The van der Waals surface area contributed by atoms with Crippen LogP contribution in [0.15, 0.2) is 0 Å². The van der Waals surface area contributed by atoms with Crippen LogP contribution >= 0.6 is 0 Å².